The number of halogens is 9. The van der Waals surface area contributed by atoms with Crippen LogP contribution in [0.4, 0.5) is 26.3 Å². The van der Waals surface area contributed by atoms with Gasteiger partial charge in [-0.1, -0.05) is 89.6 Å². The Morgan fingerprint density at radius 3 is 2.03 bits per heavy atom. The van der Waals surface area contributed by atoms with E-state index in [1.54, 1.807) is 39.0 Å². The van der Waals surface area contributed by atoms with Gasteiger partial charge in [0, 0.05) is 5.56 Å². The highest BCUT2D eigenvalue weighted by molar-refractivity contribution is 7.81. The molecule has 0 fully saturated rings. The predicted molar refractivity (Wildman–Crippen MR) is 146 cm³/mol. The number of allylic oxidation sites excluding steroid dienone is 1. The van der Waals surface area contributed by atoms with Crippen molar-refractivity contribution in [2.75, 3.05) is 6.54 Å². The average Bonchev–Trinajstić information content (AvgIpc) is 2.74. The molecule has 0 aliphatic rings. The number of rotatable bonds is 7. The van der Waals surface area contributed by atoms with Crippen LogP contribution in [-0.2, 0) is 0 Å². The van der Waals surface area contributed by atoms with E-state index in [2.05, 4.69) is 10.6 Å². The largest absolute Gasteiger partial charge is 0.405 e. The second-order valence-corrected chi connectivity index (χ2v) is 10.6. The predicted octanol–water partition coefficient (Wildman–Crippen LogP) is 8.84. The summed E-state index contributed by atoms with van der Waals surface area (Å²) in [5.41, 5.74) is 0.377. The lowest BCUT2D eigenvalue weighted by Crippen LogP contribution is -2.54. The second-order valence-electron chi connectivity index (χ2n) is 8.63. The number of aryl methyl sites for hydroxylation is 1. The lowest BCUT2D eigenvalue weighted by molar-refractivity contribution is -0.139. The molecule has 2 aromatic carbocycles. The molecule has 2 aromatic rings. The van der Waals surface area contributed by atoms with Gasteiger partial charge in [-0.05, 0) is 49.6 Å². The second kappa shape index (κ2) is 12.1. The van der Waals surface area contributed by atoms with Crippen LogP contribution >= 0.6 is 59.2 Å². The van der Waals surface area contributed by atoms with Crippen molar-refractivity contribution in [1.82, 2.24) is 10.6 Å². The number of thiocarbonyl (C=S) groups is 2. The molecular weight excluding hydrogens is 601 g/mol. The van der Waals surface area contributed by atoms with Crippen molar-refractivity contribution < 1.29 is 26.3 Å². The van der Waals surface area contributed by atoms with E-state index >= 15 is 0 Å². The first-order valence-electron chi connectivity index (χ1n) is 10.5. The lowest BCUT2D eigenvalue weighted by Gasteiger charge is -2.30. The van der Waals surface area contributed by atoms with E-state index in [1.807, 2.05) is 0 Å². The molecule has 0 saturated carbocycles. The van der Waals surface area contributed by atoms with Gasteiger partial charge >= 0.3 is 12.4 Å². The van der Waals surface area contributed by atoms with Crippen LogP contribution in [0.5, 0.6) is 0 Å². The van der Waals surface area contributed by atoms with Gasteiger partial charge < -0.3 is 10.6 Å². The zero-order valence-corrected chi connectivity index (χ0v) is 23.4. The van der Waals surface area contributed by atoms with Gasteiger partial charge in [-0.15, -0.1) is 0 Å². The third-order valence-corrected chi connectivity index (χ3v) is 7.31. The Balaban J connectivity index is 2.24. The van der Waals surface area contributed by atoms with Crippen molar-refractivity contribution in [2.24, 2.45) is 0 Å². The summed E-state index contributed by atoms with van der Waals surface area (Å²) in [5, 5.41) is 4.88. The first-order chi connectivity index (χ1) is 16.8. The third kappa shape index (κ3) is 8.99. The van der Waals surface area contributed by atoms with Crippen LogP contribution in [0.15, 0.2) is 36.4 Å². The Kier molecular flexibility index (Phi) is 10.3. The zero-order valence-electron chi connectivity index (χ0n) is 19.5. The number of hydrogen-bond donors (Lipinski definition) is 2. The molecule has 0 bridgehead atoms. The standard InChI is InChI=1S/C24H21Cl3F6N2S2/c1-12-8-13(5-7-16(24(31,32)33)14-9-17(25)19(27)18(26)10-14)4-6-15(12)20(36)35-22(2,3)21(37)34-11-23(28,29)30/h4-10,16H,11H2,1-3H3,(H,34,37)(H,35,36)/b7-5+. The molecule has 2 N–H and O–H groups in total. The Labute approximate surface area is 236 Å². The van der Waals surface area contributed by atoms with E-state index in [4.69, 9.17) is 59.2 Å². The van der Waals surface area contributed by atoms with Crippen LogP contribution < -0.4 is 10.6 Å². The molecule has 1 atom stereocenters. The fraction of sp³-hybridized carbons (Fsp3) is 0.333. The fourth-order valence-corrected chi connectivity index (χ4v) is 4.45. The van der Waals surface area contributed by atoms with Gasteiger partial charge in [0.15, 0.2) is 0 Å². The third-order valence-electron chi connectivity index (χ3n) is 5.14. The molecule has 0 aliphatic carbocycles. The lowest BCUT2D eigenvalue weighted by atomic mass is 9.96. The average molecular weight is 622 g/mol. The molecule has 0 aromatic heterocycles. The minimum Gasteiger partial charge on any atom is -0.369 e. The topological polar surface area (TPSA) is 24.1 Å². The summed E-state index contributed by atoms with van der Waals surface area (Å²) in [4.78, 5) is 0.137. The van der Waals surface area contributed by atoms with Gasteiger partial charge in [0.2, 0.25) is 0 Å². The maximum atomic E-state index is 13.8. The number of nitrogens with one attached hydrogen (secondary N) is 2. The summed E-state index contributed by atoms with van der Waals surface area (Å²) in [6.45, 7) is 3.57. The van der Waals surface area contributed by atoms with Gasteiger partial charge in [-0.3, -0.25) is 0 Å². The SMILES string of the molecule is Cc1cc(/C=C/C(c2cc(Cl)c(Cl)c(Cl)c2)C(F)(F)F)ccc1C(=S)NC(C)(C)C(=S)NCC(F)(F)F. The summed E-state index contributed by atoms with van der Waals surface area (Å²) < 4.78 is 78.9. The van der Waals surface area contributed by atoms with E-state index in [0.717, 1.165) is 18.2 Å². The highest BCUT2D eigenvalue weighted by Crippen LogP contribution is 2.41. The minimum absolute atomic E-state index is 0.0344. The van der Waals surface area contributed by atoms with Crippen LogP contribution in [0.25, 0.3) is 6.08 Å². The van der Waals surface area contributed by atoms with Gasteiger partial charge in [-0.2, -0.15) is 26.3 Å². The van der Waals surface area contributed by atoms with E-state index in [9.17, 15) is 26.3 Å². The summed E-state index contributed by atoms with van der Waals surface area (Å²) in [5.74, 6) is -1.99. The Hall–Kier alpha value is -1.59. The Bertz CT molecular complexity index is 1190. The molecule has 0 aliphatic heterocycles. The fourth-order valence-electron chi connectivity index (χ4n) is 3.23. The van der Waals surface area contributed by atoms with E-state index < -0.39 is 30.4 Å². The Morgan fingerprint density at radius 1 is 0.973 bits per heavy atom. The van der Waals surface area contributed by atoms with Crippen molar-refractivity contribution in [3.8, 4) is 0 Å². The van der Waals surface area contributed by atoms with Crippen LogP contribution in [0.3, 0.4) is 0 Å². The molecule has 0 radical (unpaired) electrons. The van der Waals surface area contributed by atoms with E-state index in [1.165, 1.54) is 6.08 Å². The van der Waals surface area contributed by atoms with Crippen molar-refractivity contribution in [2.45, 2.75) is 44.6 Å². The number of hydrogen-bond acceptors (Lipinski definition) is 2. The first kappa shape index (κ1) is 31.6. The number of benzene rings is 2. The summed E-state index contributed by atoms with van der Waals surface area (Å²) >= 11 is 28.2. The van der Waals surface area contributed by atoms with Crippen LogP contribution in [-0.4, -0.2) is 34.4 Å². The summed E-state index contributed by atoms with van der Waals surface area (Å²) in [6.07, 6.45) is -6.77. The maximum absolute atomic E-state index is 13.8. The van der Waals surface area contributed by atoms with Crippen molar-refractivity contribution >= 4 is 75.3 Å². The van der Waals surface area contributed by atoms with Gasteiger partial charge in [-0.25, -0.2) is 0 Å². The molecule has 1 unspecified atom stereocenters. The quantitative estimate of drug-likeness (QED) is 0.183. The monoisotopic (exact) mass is 620 g/mol. The maximum Gasteiger partial charge on any atom is 0.405 e. The van der Waals surface area contributed by atoms with Gasteiger partial charge in [0.25, 0.3) is 0 Å². The molecule has 37 heavy (non-hydrogen) atoms. The normalized spacial score (nSPS) is 13.5. The molecule has 0 amide bonds. The molecule has 13 heteroatoms. The van der Waals surface area contributed by atoms with E-state index in [-0.39, 0.29) is 30.6 Å². The molecule has 202 valence electrons. The molecule has 0 saturated heterocycles. The van der Waals surface area contributed by atoms with Gasteiger partial charge in [0.1, 0.15) is 16.5 Å². The minimum atomic E-state index is -4.62. The van der Waals surface area contributed by atoms with E-state index in [0.29, 0.717) is 16.7 Å². The van der Waals surface area contributed by atoms with Crippen molar-refractivity contribution in [1.29, 1.82) is 0 Å². The summed E-state index contributed by atoms with van der Waals surface area (Å²) in [6, 6.07) is 7.03. The molecule has 2 nitrogen and oxygen atoms in total. The molecule has 0 heterocycles. The highest BCUT2D eigenvalue weighted by Gasteiger charge is 2.39. The summed E-state index contributed by atoms with van der Waals surface area (Å²) in [7, 11) is 0. The van der Waals surface area contributed by atoms with Crippen LogP contribution in [0.2, 0.25) is 15.1 Å². The van der Waals surface area contributed by atoms with Crippen molar-refractivity contribution in [3.05, 3.63) is 73.7 Å². The molecule has 0 spiro atoms. The van der Waals surface area contributed by atoms with Crippen molar-refractivity contribution in [3.63, 3.8) is 0 Å². The van der Waals surface area contributed by atoms with Crippen LogP contribution in [0, 0.1) is 6.92 Å². The van der Waals surface area contributed by atoms with Gasteiger partial charge in [0.05, 0.1) is 26.5 Å². The highest BCUT2D eigenvalue weighted by atomic mass is 35.5. The smallest absolute Gasteiger partial charge is 0.369 e. The first-order valence-corrected chi connectivity index (χ1v) is 12.4. The zero-order chi connectivity index (χ0) is 28.3. The Morgan fingerprint density at radius 2 is 1.54 bits per heavy atom. The number of alkyl halides is 6. The molecular formula is C24H21Cl3F6N2S2. The molecule has 2 rings (SSSR count). The van der Waals surface area contributed by atoms with Crippen LogP contribution in [0.1, 0.15) is 42.0 Å².